The van der Waals surface area contributed by atoms with Crippen molar-refractivity contribution in [3.05, 3.63) is 11.6 Å². The molecule has 0 heterocycles. The largest absolute Gasteiger partial charge is 0.356 e. The molecule has 0 amide bonds. The number of fused-ring (bicyclic) bond motifs is 1. The zero-order chi connectivity index (χ0) is 10.7. The summed E-state index contributed by atoms with van der Waals surface area (Å²) in [6.45, 7) is 5.58. The second kappa shape index (κ2) is 4.67. The lowest BCUT2D eigenvalue weighted by Gasteiger charge is -2.31. The Morgan fingerprint density at radius 1 is 1.47 bits per heavy atom. The Hall–Kier alpha value is -0.340. The fraction of sp³-hybridized carbons (Fsp3) is 0.846. The van der Waals surface area contributed by atoms with E-state index in [-0.39, 0.29) is 0 Å². The van der Waals surface area contributed by atoms with Crippen molar-refractivity contribution in [3.8, 4) is 0 Å². The maximum Gasteiger partial charge on any atom is 0.147 e. The van der Waals surface area contributed by atoms with Crippen molar-refractivity contribution in [1.82, 2.24) is 0 Å². The van der Waals surface area contributed by atoms with Crippen LogP contribution in [0, 0.1) is 5.41 Å². The number of rotatable bonds is 4. The summed E-state index contributed by atoms with van der Waals surface area (Å²) in [5.74, 6) is 0. The van der Waals surface area contributed by atoms with Crippen molar-refractivity contribution in [3.63, 3.8) is 0 Å². The molecule has 0 saturated heterocycles. The minimum absolute atomic E-state index is 0.335. The Kier molecular flexibility index (Phi) is 3.47. The average Bonchev–Trinajstić information content (AvgIpc) is 2.56. The van der Waals surface area contributed by atoms with Crippen LogP contribution in [0.2, 0.25) is 0 Å². The second-order valence-electron chi connectivity index (χ2n) is 4.92. The third-order valence-electron chi connectivity index (χ3n) is 3.86. The predicted molar refractivity (Wildman–Crippen MR) is 60.6 cm³/mol. The van der Waals surface area contributed by atoms with Crippen LogP contribution in [0.3, 0.4) is 0 Å². The highest BCUT2D eigenvalue weighted by atomic mass is 16.7. The normalized spacial score (nSPS) is 35.1. The van der Waals surface area contributed by atoms with Crippen LogP contribution in [-0.4, -0.2) is 19.5 Å². The lowest BCUT2D eigenvalue weighted by Crippen LogP contribution is -2.23. The molecular weight excluding hydrogens is 188 g/mol. The number of ether oxygens (including phenoxy) is 2. The number of hydrogen-bond acceptors (Lipinski definition) is 2. The molecule has 0 spiro atoms. The van der Waals surface area contributed by atoms with Crippen molar-refractivity contribution >= 4 is 0 Å². The summed E-state index contributed by atoms with van der Waals surface area (Å²) < 4.78 is 11.0. The predicted octanol–water partition coefficient (Wildman–Crippen LogP) is 3.28. The minimum Gasteiger partial charge on any atom is -0.356 e. The van der Waals surface area contributed by atoms with Crippen LogP contribution in [0.5, 0.6) is 0 Å². The summed E-state index contributed by atoms with van der Waals surface area (Å²) in [6.07, 6.45) is 9.13. The minimum atomic E-state index is 0.335. The third kappa shape index (κ3) is 2.26. The van der Waals surface area contributed by atoms with Crippen LogP contribution < -0.4 is 0 Å². The van der Waals surface area contributed by atoms with E-state index in [4.69, 9.17) is 9.47 Å². The monoisotopic (exact) mass is 210 g/mol. The molecule has 0 aromatic heterocycles. The van der Waals surface area contributed by atoms with Crippen molar-refractivity contribution in [2.75, 3.05) is 13.4 Å². The lowest BCUT2D eigenvalue weighted by atomic mass is 9.76. The molecule has 2 rings (SSSR count). The van der Waals surface area contributed by atoms with Gasteiger partial charge in [-0.2, -0.15) is 0 Å². The summed E-state index contributed by atoms with van der Waals surface area (Å²) in [5, 5.41) is 0. The molecule has 0 unspecified atom stereocenters. The molecule has 0 N–H and O–H groups in total. The van der Waals surface area contributed by atoms with Crippen LogP contribution >= 0.6 is 0 Å². The summed E-state index contributed by atoms with van der Waals surface area (Å²) >= 11 is 0. The highest BCUT2D eigenvalue weighted by molar-refractivity contribution is 5.25. The van der Waals surface area contributed by atoms with Gasteiger partial charge in [0.1, 0.15) is 6.79 Å². The molecule has 2 nitrogen and oxygen atoms in total. The zero-order valence-corrected chi connectivity index (χ0v) is 9.92. The molecule has 2 aliphatic rings. The van der Waals surface area contributed by atoms with Gasteiger partial charge in [0.2, 0.25) is 0 Å². The van der Waals surface area contributed by atoms with Crippen molar-refractivity contribution in [2.24, 2.45) is 5.41 Å². The van der Waals surface area contributed by atoms with Crippen LogP contribution in [0.4, 0.5) is 0 Å². The van der Waals surface area contributed by atoms with Gasteiger partial charge in [0.15, 0.2) is 0 Å². The fourth-order valence-electron chi connectivity index (χ4n) is 2.92. The van der Waals surface area contributed by atoms with E-state index >= 15 is 0 Å². The third-order valence-corrected chi connectivity index (χ3v) is 3.86. The SMILES string of the molecule is CCOCO[C@@H]1CC[C@]2(C)CCCC=C12. The molecule has 0 aliphatic heterocycles. The quantitative estimate of drug-likeness (QED) is 0.403. The van der Waals surface area contributed by atoms with E-state index in [1.807, 2.05) is 6.92 Å². The molecule has 0 bridgehead atoms. The van der Waals surface area contributed by atoms with Crippen molar-refractivity contribution in [1.29, 1.82) is 0 Å². The van der Waals surface area contributed by atoms with Gasteiger partial charge in [0.25, 0.3) is 0 Å². The molecule has 1 saturated carbocycles. The molecule has 0 aromatic carbocycles. The maximum absolute atomic E-state index is 5.79. The van der Waals surface area contributed by atoms with E-state index in [0.717, 1.165) is 6.61 Å². The molecular formula is C13H22O2. The Bertz CT molecular complexity index is 247. The Morgan fingerprint density at radius 3 is 3.13 bits per heavy atom. The average molecular weight is 210 g/mol. The van der Waals surface area contributed by atoms with Crippen LogP contribution in [0.15, 0.2) is 11.6 Å². The first kappa shape index (κ1) is 11.2. The van der Waals surface area contributed by atoms with E-state index in [0.29, 0.717) is 18.3 Å². The van der Waals surface area contributed by atoms with E-state index in [9.17, 15) is 0 Å². The van der Waals surface area contributed by atoms with Gasteiger partial charge < -0.3 is 9.47 Å². The summed E-state index contributed by atoms with van der Waals surface area (Å²) in [5.41, 5.74) is 1.99. The lowest BCUT2D eigenvalue weighted by molar-refractivity contribution is -0.0736. The summed E-state index contributed by atoms with van der Waals surface area (Å²) in [6, 6.07) is 0. The Morgan fingerprint density at radius 2 is 2.33 bits per heavy atom. The second-order valence-corrected chi connectivity index (χ2v) is 4.92. The highest BCUT2D eigenvalue weighted by Gasteiger charge is 2.41. The molecule has 0 aromatic rings. The smallest absolute Gasteiger partial charge is 0.147 e. The van der Waals surface area contributed by atoms with Crippen molar-refractivity contribution < 1.29 is 9.47 Å². The van der Waals surface area contributed by atoms with Gasteiger partial charge >= 0.3 is 0 Å². The fourth-order valence-corrected chi connectivity index (χ4v) is 2.92. The summed E-state index contributed by atoms with van der Waals surface area (Å²) in [7, 11) is 0. The van der Waals surface area contributed by atoms with Gasteiger partial charge in [-0.1, -0.05) is 13.0 Å². The van der Waals surface area contributed by atoms with Gasteiger partial charge in [-0.05, 0) is 50.0 Å². The first-order valence-corrected chi connectivity index (χ1v) is 6.16. The first-order valence-electron chi connectivity index (χ1n) is 6.16. The maximum atomic E-state index is 5.79. The molecule has 0 radical (unpaired) electrons. The molecule has 86 valence electrons. The van der Waals surface area contributed by atoms with E-state index in [2.05, 4.69) is 13.0 Å². The van der Waals surface area contributed by atoms with Gasteiger partial charge in [0, 0.05) is 6.61 Å². The molecule has 2 heteroatoms. The highest BCUT2D eigenvalue weighted by Crippen LogP contribution is 2.49. The van der Waals surface area contributed by atoms with Crippen LogP contribution in [-0.2, 0) is 9.47 Å². The molecule has 2 aliphatic carbocycles. The summed E-state index contributed by atoms with van der Waals surface area (Å²) in [4.78, 5) is 0. The topological polar surface area (TPSA) is 18.5 Å². The van der Waals surface area contributed by atoms with E-state index in [1.54, 1.807) is 5.57 Å². The zero-order valence-electron chi connectivity index (χ0n) is 9.92. The van der Waals surface area contributed by atoms with Gasteiger partial charge in [0.05, 0.1) is 6.10 Å². The number of hydrogen-bond donors (Lipinski definition) is 0. The van der Waals surface area contributed by atoms with E-state index < -0.39 is 0 Å². The van der Waals surface area contributed by atoms with Crippen LogP contribution in [0.1, 0.15) is 46.0 Å². The van der Waals surface area contributed by atoms with Gasteiger partial charge in [-0.3, -0.25) is 0 Å². The Labute approximate surface area is 92.6 Å². The van der Waals surface area contributed by atoms with Crippen LogP contribution in [0.25, 0.3) is 0 Å². The van der Waals surface area contributed by atoms with Gasteiger partial charge in [-0.25, -0.2) is 0 Å². The van der Waals surface area contributed by atoms with Crippen molar-refractivity contribution in [2.45, 2.75) is 52.1 Å². The van der Waals surface area contributed by atoms with E-state index in [1.165, 1.54) is 32.1 Å². The van der Waals surface area contributed by atoms with Gasteiger partial charge in [-0.15, -0.1) is 0 Å². The molecule has 1 fully saturated rings. The first-order chi connectivity index (χ1) is 7.26. The number of allylic oxidation sites excluding steroid dienone is 1. The molecule has 15 heavy (non-hydrogen) atoms. The Balaban J connectivity index is 1.94. The standard InChI is InChI=1S/C13H22O2/c1-3-14-10-15-12-7-9-13(2)8-5-4-6-11(12)13/h6,12H,3-5,7-10H2,1-2H3/t12-,13+/m1/s1. The molecule has 2 atom stereocenters.